The predicted octanol–water partition coefficient (Wildman–Crippen LogP) is 0.449. The topological polar surface area (TPSA) is 72.7 Å². The van der Waals surface area contributed by atoms with Crippen molar-refractivity contribution < 1.29 is 4.79 Å². The molecule has 1 N–H and O–H groups in total. The van der Waals surface area contributed by atoms with E-state index in [1.165, 1.54) is 19.3 Å². The van der Waals surface area contributed by atoms with Crippen LogP contribution in [-0.2, 0) is 18.3 Å². The van der Waals surface area contributed by atoms with Gasteiger partial charge in [-0.3, -0.25) is 4.79 Å². The molecule has 1 aromatic rings. The van der Waals surface area contributed by atoms with Crippen molar-refractivity contribution >= 4 is 5.91 Å². The molecule has 1 saturated carbocycles. The van der Waals surface area contributed by atoms with E-state index in [0.717, 1.165) is 18.7 Å². The van der Waals surface area contributed by atoms with Crippen molar-refractivity contribution in [2.75, 3.05) is 6.54 Å². The maximum Gasteiger partial charge on any atom is 0.223 e. The minimum Gasteiger partial charge on any atom is -0.355 e. The lowest BCUT2D eigenvalue weighted by molar-refractivity contribution is -0.125. The van der Waals surface area contributed by atoms with Crippen molar-refractivity contribution in [3.8, 4) is 0 Å². The Balaban J connectivity index is 1.71. The van der Waals surface area contributed by atoms with Crippen molar-refractivity contribution in [1.29, 1.82) is 0 Å². The molecule has 0 atom stereocenters. The normalized spacial score (nSPS) is 17.0. The van der Waals surface area contributed by atoms with E-state index in [4.69, 9.17) is 0 Å². The van der Waals surface area contributed by atoms with E-state index in [-0.39, 0.29) is 11.8 Å². The van der Waals surface area contributed by atoms with E-state index >= 15 is 0 Å². The van der Waals surface area contributed by atoms with Gasteiger partial charge < -0.3 is 5.32 Å². The van der Waals surface area contributed by atoms with Crippen LogP contribution in [0.25, 0.3) is 0 Å². The van der Waals surface area contributed by atoms with Gasteiger partial charge in [0.15, 0.2) is 5.82 Å². The molecule has 0 aliphatic heterocycles. The Morgan fingerprint density at radius 1 is 1.41 bits per heavy atom. The highest BCUT2D eigenvalue weighted by atomic mass is 16.1. The molecule has 1 aromatic heterocycles. The summed E-state index contributed by atoms with van der Waals surface area (Å²) in [5.41, 5.74) is 0. The van der Waals surface area contributed by atoms with E-state index in [9.17, 15) is 4.79 Å². The third-order valence-electron chi connectivity index (χ3n) is 3.33. The Bertz CT molecular complexity index is 370. The maximum absolute atomic E-state index is 11.8. The smallest absolute Gasteiger partial charge is 0.223 e. The Labute approximate surface area is 101 Å². The van der Waals surface area contributed by atoms with E-state index in [0.29, 0.717) is 13.0 Å². The quantitative estimate of drug-likeness (QED) is 0.825. The van der Waals surface area contributed by atoms with Crippen LogP contribution in [0, 0.1) is 5.92 Å². The first-order valence-corrected chi connectivity index (χ1v) is 6.26. The summed E-state index contributed by atoms with van der Waals surface area (Å²) >= 11 is 0. The number of nitrogens with zero attached hydrogens (tertiary/aromatic N) is 4. The fraction of sp³-hybridized carbons (Fsp3) is 0.818. The van der Waals surface area contributed by atoms with Crippen LogP contribution in [0.1, 0.15) is 37.9 Å². The summed E-state index contributed by atoms with van der Waals surface area (Å²) < 4.78 is 1.63. The second-order valence-electron chi connectivity index (χ2n) is 4.59. The summed E-state index contributed by atoms with van der Waals surface area (Å²) in [5, 5.41) is 14.2. The summed E-state index contributed by atoms with van der Waals surface area (Å²) in [6, 6.07) is 0. The van der Waals surface area contributed by atoms with Gasteiger partial charge in [-0.1, -0.05) is 19.3 Å². The van der Waals surface area contributed by atoms with Crippen molar-refractivity contribution in [2.24, 2.45) is 13.0 Å². The third-order valence-corrected chi connectivity index (χ3v) is 3.33. The second kappa shape index (κ2) is 5.75. The fourth-order valence-corrected chi connectivity index (χ4v) is 2.27. The minimum absolute atomic E-state index is 0.194. The molecular weight excluding hydrogens is 218 g/mol. The van der Waals surface area contributed by atoms with Crippen LogP contribution >= 0.6 is 0 Å². The molecular formula is C11H19N5O. The molecule has 1 heterocycles. The lowest BCUT2D eigenvalue weighted by atomic mass is 9.89. The zero-order chi connectivity index (χ0) is 12.1. The molecule has 1 aliphatic carbocycles. The first-order valence-electron chi connectivity index (χ1n) is 6.26. The standard InChI is InChI=1S/C11H19N5O/c1-16-10(13-14-15-16)7-8-12-11(17)9-5-3-2-4-6-9/h9H,2-8H2,1H3,(H,12,17). The minimum atomic E-state index is 0.194. The molecule has 0 unspecified atom stereocenters. The molecule has 0 spiro atoms. The van der Waals surface area contributed by atoms with E-state index in [1.807, 2.05) is 0 Å². The van der Waals surface area contributed by atoms with E-state index < -0.39 is 0 Å². The zero-order valence-corrected chi connectivity index (χ0v) is 10.2. The van der Waals surface area contributed by atoms with Gasteiger partial charge in [0.25, 0.3) is 0 Å². The van der Waals surface area contributed by atoms with Crippen LogP contribution in [-0.4, -0.2) is 32.7 Å². The van der Waals surface area contributed by atoms with Crippen LogP contribution < -0.4 is 5.32 Å². The average Bonchev–Trinajstić information content (AvgIpc) is 2.76. The number of nitrogens with one attached hydrogen (secondary N) is 1. The lowest BCUT2D eigenvalue weighted by Gasteiger charge is -2.20. The molecule has 0 aromatic carbocycles. The average molecular weight is 237 g/mol. The molecule has 6 nitrogen and oxygen atoms in total. The van der Waals surface area contributed by atoms with Crippen LogP contribution in [0.15, 0.2) is 0 Å². The Kier molecular flexibility index (Phi) is 4.06. The highest BCUT2D eigenvalue weighted by Gasteiger charge is 2.20. The van der Waals surface area contributed by atoms with Gasteiger partial charge in [0, 0.05) is 25.9 Å². The predicted molar refractivity (Wildman–Crippen MR) is 62.1 cm³/mol. The van der Waals surface area contributed by atoms with Gasteiger partial charge >= 0.3 is 0 Å². The molecule has 17 heavy (non-hydrogen) atoms. The maximum atomic E-state index is 11.8. The van der Waals surface area contributed by atoms with Gasteiger partial charge in [-0.2, -0.15) is 0 Å². The molecule has 94 valence electrons. The molecule has 0 radical (unpaired) electrons. The number of hydrogen-bond donors (Lipinski definition) is 1. The number of carbonyl (C=O) groups is 1. The molecule has 1 amide bonds. The lowest BCUT2D eigenvalue weighted by Crippen LogP contribution is -2.33. The van der Waals surface area contributed by atoms with Crippen molar-refractivity contribution in [3.63, 3.8) is 0 Å². The summed E-state index contributed by atoms with van der Waals surface area (Å²) in [6.45, 7) is 0.615. The molecule has 6 heteroatoms. The van der Waals surface area contributed by atoms with Crippen molar-refractivity contribution in [1.82, 2.24) is 25.5 Å². The summed E-state index contributed by atoms with van der Waals surface area (Å²) in [7, 11) is 1.80. The van der Waals surface area contributed by atoms with Crippen LogP contribution in [0.5, 0.6) is 0 Å². The number of amides is 1. The van der Waals surface area contributed by atoms with Crippen molar-refractivity contribution in [3.05, 3.63) is 5.82 Å². The Morgan fingerprint density at radius 2 is 2.18 bits per heavy atom. The van der Waals surface area contributed by atoms with Gasteiger partial charge in [0.1, 0.15) is 0 Å². The molecule has 0 bridgehead atoms. The number of tetrazole rings is 1. The number of aromatic nitrogens is 4. The highest BCUT2D eigenvalue weighted by molar-refractivity contribution is 5.78. The number of aryl methyl sites for hydroxylation is 1. The van der Waals surface area contributed by atoms with Crippen LogP contribution in [0.2, 0.25) is 0 Å². The molecule has 1 fully saturated rings. The van der Waals surface area contributed by atoms with Gasteiger partial charge in [-0.25, -0.2) is 4.68 Å². The largest absolute Gasteiger partial charge is 0.355 e. The van der Waals surface area contributed by atoms with E-state index in [1.54, 1.807) is 11.7 Å². The van der Waals surface area contributed by atoms with Gasteiger partial charge in [0.05, 0.1) is 0 Å². The number of rotatable bonds is 4. The molecule has 0 saturated heterocycles. The first kappa shape index (κ1) is 12.0. The first-order chi connectivity index (χ1) is 8.27. The van der Waals surface area contributed by atoms with Crippen LogP contribution in [0.4, 0.5) is 0 Å². The SMILES string of the molecule is Cn1nnnc1CCNC(=O)C1CCCCC1. The van der Waals surface area contributed by atoms with Crippen molar-refractivity contribution in [2.45, 2.75) is 38.5 Å². The monoisotopic (exact) mass is 237 g/mol. The van der Waals surface area contributed by atoms with E-state index in [2.05, 4.69) is 20.8 Å². The van der Waals surface area contributed by atoms with Gasteiger partial charge in [0.2, 0.25) is 5.91 Å². The highest BCUT2D eigenvalue weighted by Crippen LogP contribution is 2.23. The van der Waals surface area contributed by atoms with Gasteiger partial charge in [-0.05, 0) is 23.3 Å². The van der Waals surface area contributed by atoms with Crippen LogP contribution in [0.3, 0.4) is 0 Å². The molecule has 1 aliphatic rings. The zero-order valence-electron chi connectivity index (χ0n) is 10.2. The third kappa shape index (κ3) is 3.25. The summed E-state index contributed by atoms with van der Waals surface area (Å²) in [5.74, 6) is 1.22. The molecule has 2 rings (SSSR count). The summed E-state index contributed by atoms with van der Waals surface area (Å²) in [4.78, 5) is 11.8. The number of carbonyl (C=O) groups excluding carboxylic acids is 1. The Morgan fingerprint density at radius 3 is 2.82 bits per heavy atom. The van der Waals surface area contributed by atoms with Gasteiger partial charge in [-0.15, -0.1) is 5.10 Å². The Hall–Kier alpha value is -1.46. The number of hydrogen-bond acceptors (Lipinski definition) is 4. The fourth-order valence-electron chi connectivity index (χ4n) is 2.27. The summed E-state index contributed by atoms with van der Waals surface area (Å²) in [6.07, 6.45) is 6.40. The second-order valence-corrected chi connectivity index (χ2v) is 4.59.